The van der Waals surface area contributed by atoms with Crippen molar-refractivity contribution >= 4 is 18.8 Å². The summed E-state index contributed by atoms with van der Waals surface area (Å²) >= 11 is -0.917. The molecule has 0 fully saturated rings. The maximum absolute atomic E-state index is 11.1. The molecule has 0 aliphatic heterocycles. The lowest BCUT2D eigenvalue weighted by atomic mass is 10.00. The Balaban J connectivity index is 3.92. The van der Waals surface area contributed by atoms with Crippen molar-refractivity contribution in [1.29, 1.82) is 0 Å². The van der Waals surface area contributed by atoms with Gasteiger partial charge in [-0.25, -0.2) is 0 Å². The first-order valence-electron chi connectivity index (χ1n) is 3.26. The molecule has 57 valence electrons. The monoisotopic (exact) mass is 158 g/mol. The van der Waals surface area contributed by atoms with E-state index in [4.69, 9.17) is 0 Å². The summed E-state index contributed by atoms with van der Waals surface area (Å²) in [7, 11) is 1.78. The Hall–Kier alpha value is -0.0851. The number of allylic oxidation sites excluding steroid dienone is 1. The zero-order chi connectivity index (χ0) is 8.15. The first-order chi connectivity index (χ1) is 4.63. The SMILES string of the molecule is C=C(C)N([B]C)[S+]([O-])CC. The quantitative estimate of drug-likeness (QED) is 0.453. The fourth-order valence-electron chi connectivity index (χ4n) is 0.651. The molecule has 0 N–H and O–H groups in total. The first-order valence-corrected chi connectivity index (χ1v) is 4.53. The van der Waals surface area contributed by atoms with Gasteiger partial charge >= 0.3 is 7.41 Å². The predicted molar refractivity (Wildman–Crippen MR) is 47.0 cm³/mol. The Morgan fingerprint density at radius 3 is 2.40 bits per heavy atom. The molecule has 2 nitrogen and oxygen atoms in total. The van der Waals surface area contributed by atoms with Crippen LogP contribution in [0.25, 0.3) is 0 Å². The summed E-state index contributed by atoms with van der Waals surface area (Å²) in [4.78, 5) is 0. The van der Waals surface area contributed by atoms with Crippen molar-refractivity contribution in [3.63, 3.8) is 0 Å². The van der Waals surface area contributed by atoms with Gasteiger partial charge in [0.05, 0.1) is 11.4 Å². The van der Waals surface area contributed by atoms with Crippen LogP contribution in [0.15, 0.2) is 12.3 Å². The molecule has 0 aliphatic carbocycles. The standard InChI is InChI=1S/C6H13BNOS/c1-5-10(9)8(7-4)6(2)3/h2,5H2,1,3-4H3. The second-order valence-corrected chi connectivity index (χ2v) is 3.54. The average Bonchev–Trinajstić information content (AvgIpc) is 1.88. The Kier molecular flexibility index (Phi) is 4.65. The van der Waals surface area contributed by atoms with Crippen molar-refractivity contribution in [3.05, 3.63) is 12.3 Å². The number of hydrogen-bond acceptors (Lipinski definition) is 2. The molecule has 0 saturated heterocycles. The molecule has 0 aromatic heterocycles. The summed E-state index contributed by atoms with van der Waals surface area (Å²) in [5, 5.41) is 0. The van der Waals surface area contributed by atoms with E-state index in [1.807, 2.05) is 20.7 Å². The average molecular weight is 158 g/mol. The van der Waals surface area contributed by atoms with Crippen LogP contribution >= 0.6 is 0 Å². The second kappa shape index (κ2) is 4.69. The van der Waals surface area contributed by atoms with Gasteiger partial charge in [-0.3, -0.25) is 4.22 Å². The Bertz CT molecular complexity index is 120. The lowest BCUT2D eigenvalue weighted by molar-refractivity contribution is 0.561. The van der Waals surface area contributed by atoms with E-state index in [9.17, 15) is 4.55 Å². The van der Waals surface area contributed by atoms with Crippen LogP contribution < -0.4 is 0 Å². The molecule has 0 heterocycles. The van der Waals surface area contributed by atoms with Crippen molar-refractivity contribution < 1.29 is 4.55 Å². The van der Waals surface area contributed by atoms with Gasteiger partial charge in [-0.05, 0) is 13.8 Å². The minimum Gasteiger partial charge on any atom is -0.594 e. The van der Waals surface area contributed by atoms with E-state index in [-0.39, 0.29) is 0 Å². The molecule has 0 aromatic rings. The highest BCUT2D eigenvalue weighted by Crippen LogP contribution is 2.06. The van der Waals surface area contributed by atoms with Gasteiger partial charge in [0.15, 0.2) is 0 Å². The molecular formula is C6H13BNOS. The van der Waals surface area contributed by atoms with Crippen molar-refractivity contribution in [2.24, 2.45) is 0 Å². The molecule has 0 amide bonds. The van der Waals surface area contributed by atoms with Gasteiger partial charge in [-0.1, -0.05) is 13.4 Å². The van der Waals surface area contributed by atoms with Gasteiger partial charge in [0.25, 0.3) is 0 Å². The van der Waals surface area contributed by atoms with Crippen LogP contribution in [-0.2, 0) is 11.4 Å². The summed E-state index contributed by atoms with van der Waals surface area (Å²) in [6.45, 7) is 9.27. The first kappa shape index (κ1) is 9.91. The third-order valence-electron chi connectivity index (χ3n) is 1.08. The Morgan fingerprint density at radius 1 is 1.80 bits per heavy atom. The van der Waals surface area contributed by atoms with Crippen molar-refractivity contribution in [2.45, 2.75) is 20.7 Å². The fraction of sp³-hybridized carbons (Fsp3) is 0.667. The molecule has 1 radical (unpaired) electrons. The van der Waals surface area contributed by atoms with Crippen LogP contribution in [0.4, 0.5) is 0 Å². The highest BCUT2D eigenvalue weighted by atomic mass is 32.2. The fourth-order valence-corrected chi connectivity index (χ4v) is 1.51. The predicted octanol–water partition coefficient (Wildman–Crippen LogP) is 1.17. The number of nitrogens with zero attached hydrogens (tertiary/aromatic N) is 1. The van der Waals surface area contributed by atoms with E-state index in [1.165, 1.54) is 0 Å². The van der Waals surface area contributed by atoms with E-state index >= 15 is 0 Å². The Morgan fingerprint density at radius 2 is 2.30 bits per heavy atom. The molecule has 0 bridgehead atoms. The summed E-state index contributed by atoms with van der Waals surface area (Å²) in [5.74, 6) is 0.636. The largest absolute Gasteiger partial charge is 0.594 e. The van der Waals surface area contributed by atoms with E-state index in [1.54, 1.807) is 11.6 Å². The molecular weight excluding hydrogens is 145 g/mol. The molecule has 0 aromatic carbocycles. The highest BCUT2D eigenvalue weighted by Gasteiger charge is 2.14. The smallest absolute Gasteiger partial charge is 0.313 e. The van der Waals surface area contributed by atoms with Crippen molar-refractivity contribution in [1.82, 2.24) is 4.22 Å². The van der Waals surface area contributed by atoms with E-state index in [0.717, 1.165) is 5.70 Å². The maximum atomic E-state index is 11.1. The number of hydrogen-bond donors (Lipinski definition) is 0. The van der Waals surface area contributed by atoms with Gasteiger partial charge in [-0.2, -0.15) is 0 Å². The second-order valence-electron chi connectivity index (χ2n) is 1.93. The molecule has 4 heteroatoms. The zero-order valence-electron chi connectivity index (χ0n) is 6.76. The third kappa shape index (κ3) is 2.67. The summed E-state index contributed by atoms with van der Waals surface area (Å²) in [6, 6.07) is 0. The molecule has 0 rings (SSSR count). The van der Waals surface area contributed by atoms with E-state index in [0.29, 0.717) is 5.75 Å². The Labute approximate surface area is 66.9 Å². The third-order valence-corrected chi connectivity index (χ3v) is 2.53. The normalized spacial score (nSPS) is 12.4. The van der Waals surface area contributed by atoms with Crippen LogP contribution in [0.5, 0.6) is 0 Å². The van der Waals surface area contributed by atoms with Gasteiger partial charge < -0.3 is 4.55 Å². The van der Waals surface area contributed by atoms with Gasteiger partial charge in [0.1, 0.15) is 5.75 Å². The minimum absolute atomic E-state index is 0.636. The topological polar surface area (TPSA) is 26.3 Å². The van der Waals surface area contributed by atoms with Crippen LogP contribution in [0.2, 0.25) is 6.82 Å². The molecule has 0 saturated carbocycles. The van der Waals surface area contributed by atoms with Crippen molar-refractivity contribution in [3.8, 4) is 0 Å². The van der Waals surface area contributed by atoms with Gasteiger partial charge in [0.2, 0.25) is 0 Å². The molecule has 1 unspecified atom stereocenters. The lowest BCUT2D eigenvalue weighted by Crippen LogP contribution is -2.32. The van der Waals surface area contributed by atoms with Crippen LogP contribution in [0.3, 0.4) is 0 Å². The van der Waals surface area contributed by atoms with Crippen LogP contribution in [-0.4, -0.2) is 21.9 Å². The summed E-state index contributed by atoms with van der Waals surface area (Å²) < 4.78 is 12.8. The van der Waals surface area contributed by atoms with Crippen LogP contribution in [0.1, 0.15) is 13.8 Å². The zero-order valence-corrected chi connectivity index (χ0v) is 7.57. The molecule has 1 atom stereocenters. The minimum atomic E-state index is -0.917. The highest BCUT2D eigenvalue weighted by molar-refractivity contribution is 7.90. The lowest BCUT2D eigenvalue weighted by Gasteiger charge is -2.23. The molecule has 0 spiro atoms. The van der Waals surface area contributed by atoms with Gasteiger partial charge in [0, 0.05) is 5.70 Å². The maximum Gasteiger partial charge on any atom is 0.313 e. The van der Waals surface area contributed by atoms with Crippen molar-refractivity contribution in [2.75, 3.05) is 5.75 Å². The summed E-state index contributed by atoms with van der Waals surface area (Å²) in [5.41, 5.74) is 0.822. The summed E-state index contributed by atoms with van der Waals surface area (Å²) in [6.07, 6.45) is 0. The van der Waals surface area contributed by atoms with Gasteiger partial charge in [-0.15, -0.1) is 0 Å². The molecule has 0 aliphatic rings. The molecule has 10 heavy (non-hydrogen) atoms. The van der Waals surface area contributed by atoms with E-state index in [2.05, 4.69) is 6.58 Å². The van der Waals surface area contributed by atoms with Crippen LogP contribution in [0, 0.1) is 0 Å². The number of rotatable bonds is 4. The van der Waals surface area contributed by atoms with E-state index < -0.39 is 11.4 Å².